The molecule has 1 spiro atoms. The van der Waals surface area contributed by atoms with Crippen LogP contribution in [0.5, 0.6) is 0 Å². The van der Waals surface area contributed by atoms with Crippen LogP contribution >= 0.6 is 35.3 Å². The van der Waals surface area contributed by atoms with Crippen LogP contribution in [0.2, 0.25) is 0 Å². The molecule has 1 aliphatic carbocycles. The normalized spacial score (nSPS) is 18.9. The van der Waals surface area contributed by atoms with Gasteiger partial charge in [-0.1, -0.05) is 12.5 Å². The van der Waals surface area contributed by atoms with Crippen molar-refractivity contribution in [1.82, 2.24) is 15.2 Å². The summed E-state index contributed by atoms with van der Waals surface area (Å²) in [5, 5.41) is 5.47. The van der Waals surface area contributed by atoms with Crippen LogP contribution in [0.4, 0.5) is 0 Å². The second-order valence-corrected chi connectivity index (χ2v) is 7.76. The molecule has 2 aromatic rings. The number of halogens is 1. The number of hydrogen-bond acceptors (Lipinski definition) is 4. The van der Waals surface area contributed by atoms with Crippen LogP contribution in [0.15, 0.2) is 33.2 Å². The second kappa shape index (κ2) is 8.07. The van der Waals surface area contributed by atoms with E-state index in [2.05, 4.69) is 22.1 Å². The predicted octanol–water partition coefficient (Wildman–Crippen LogP) is 4.36. The minimum absolute atomic E-state index is 0. The molecule has 0 amide bonds. The molecule has 1 N–H and O–H groups in total. The first-order valence-corrected chi connectivity index (χ1v) is 9.67. The Hall–Kier alpha value is -1.09. The lowest BCUT2D eigenvalue weighted by molar-refractivity contribution is 0.151. The Balaban J connectivity index is 0.00000182. The third-order valence-corrected chi connectivity index (χ3v) is 6.02. The highest BCUT2D eigenvalue weighted by atomic mass is 127. The number of nitrogens with one attached hydrogen (secondary N) is 1. The van der Waals surface area contributed by atoms with Gasteiger partial charge in [0.15, 0.2) is 5.96 Å². The molecule has 3 heterocycles. The summed E-state index contributed by atoms with van der Waals surface area (Å²) in [6, 6.07) is 4.03. The topological polar surface area (TPSA) is 53.7 Å². The van der Waals surface area contributed by atoms with Crippen molar-refractivity contribution >= 4 is 41.3 Å². The van der Waals surface area contributed by atoms with Gasteiger partial charge in [-0.2, -0.15) is 0 Å². The van der Waals surface area contributed by atoms with Crippen LogP contribution in [0.3, 0.4) is 0 Å². The molecule has 0 atom stereocenters. The Morgan fingerprint density at radius 1 is 1.44 bits per heavy atom. The second-order valence-electron chi connectivity index (χ2n) is 6.82. The molecule has 0 unspecified atom stereocenters. The highest BCUT2D eigenvalue weighted by Crippen LogP contribution is 2.47. The molecule has 4 rings (SSSR count). The standard InChI is InChI=1S/C18H24N4OS.HI/c1-2-19-17(22-9-8-18(13-22)6-4-7-18)20-11-14-12-23-16(21-14)15-5-3-10-24-15;/h3,5,10,12H,2,4,6-9,11,13H2,1H3,(H,19,20);1H. The molecular weight excluding hydrogens is 447 g/mol. The van der Waals surface area contributed by atoms with Crippen molar-refractivity contribution in [2.45, 2.75) is 39.2 Å². The lowest BCUT2D eigenvalue weighted by atomic mass is 9.68. The van der Waals surface area contributed by atoms with E-state index in [0.29, 0.717) is 17.9 Å². The van der Waals surface area contributed by atoms with E-state index in [1.54, 1.807) is 17.6 Å². The average Bonchev–Trinajstić information content (AvgIpc) is 3.30. The molecule has 0 radical (unpaired) electrons. The van der Waals surface area contributed by atoms with E-state index >= 15 is 0 Å². The van der Waals surface area contributed by atoms with E-state index in [-0.39, 0.29) is 24.0 Å². The van der Waals surface area contributed by atoms with E-state index in [4.69, 9.17) is 9.41 Å². The van der Waals surface area contributed by atoms with Gasteiger partial charge >= 0.3 is 0 Å². The van der Waals surface area contributed by atoms with Crippen molar-refractivity contribution in [3.63, 3.8) is 0 Å². The zero-order chi connectivity index (χ0) is 16.4. The van der Waals surface area contributed by atoms with Gasteiger partial charge in [-0.25, -0.2) is 9.98 Å². The van der Waals surface area contributed by atoms with Gasteiger partial charge in [0.1, 0.15) is 12.0 Å². The molecule has 1 saturated carbocycles. The zero-order valence-corrected chi connectivity index (χ0v) is 17.7. The number of nitrogens with zero attached hydrogens (tertiary/aromatic N) is 3. The van der Waals surface area contributed by atoms with Gasteiger partial charge in [-0.3, -0.25) is 0 Å². The van der Waals surface area contributed by atoms with E-state index in [1.165, 1.54) is 25.7 Å². The summed E-state index contributed by atoms with van der Waals surface area (Å²) in [6.45, 7) is 5.83. The van der Waals surface area contributed by atoms with Crippen molar-refractivity contribution in [3.05, 3.63) is 29.5 Å². The molecule has 2 aromatic heterocycles. The first kappa shape index (κ1) is 18.7. The number of rotatable bonds is 4. The molecule has 136 valence electrons. The summed E-state index contributed by atoms with van der Waals surface area (Å²) in [5.41, 5.74) is 1.46. The van der Waals surface area contributed by atoms with Crippen LogP contribution in [0.1, 0.15) is 38.3 Å². The summed E-state index contributed by atoms with van der Waals surface area (Å²) < 4.78 is 5.58. The van der Waals surface area contributed by atoms with Gasteiger partial charge in [0.05, 0.1) is 11.4 Å². The fourth-order valence-corrected chi connectivity index (χ4v) is 4.33. The van der Waals surface area contributed by atoms with Gasteiger partial charge in [0.25, 0.3) is 0 Å². The van der Waals surface area contributed by atoms with E-state index < -0.39 is 0 Å². The van der Waals surface area contributed by atoms with Crippen molar-refractivity contribution in [3.8, 4) is 10.8 Å². The van der Waals surface area contributed by atoms with Gasteiger partial charge in [-0.15, -0.1) is 35.3 Å². The van der Waals surface area contributed by atoms with E-state index in [0.717, 1.165) is 36.2 Å². The predicted molar refractivity (Wildman–Crippen MR) is 113 cm³/mol. The maximum atomic E-state index is 5.58. The molecular formula is C18H25IN4OS. The van der Waals surface area contributed by atoms with Gasteiger partial charge in [-0.05, 0) is 43.0 Å². The molecule has 1 aliphatic heterocycles. The Labute approximate surface area is 169 Å². The molecule has 0 bridgehead atoms. The SMILES string of the molecule is CCNC(=NCc1coc(-c2cccs2)n1)N1CCC2(CCC2)C1.I. The Bertz CT molecular complexity index is 708. The Kier molecular flexibility index (Phi) is 6.04. The van der Waals surface area contributed by atoms with Crippen molar-refractivity contribution in [2.24, 2.45) is 10.4 Å². The lowest BCUT2D eigenvalue weighted by Gasteiger charge is -2.38. The summed E-state index contributed by atoms with van der Waals surface area (Å²) in [6.07, 6.45) is 7.20. The molecule has 5 nitrogen and oxygen atoms in total. The third-order valence-electron chi connectivity index (χ3n) is 5.16. The number of guanidine groups is 1. The molecule has 7 heteroatoms. The fraction of sp³-hybridized carbons (Fsp3) is 0.556. The maximum absolute atomic E-state index is 5.58. The lowest BCUT2D eigenvalue weighted by Crippen LogP contribution is -2.42. The van der Waals surface area contributed by atoms with E-state index in [9.17, 15) is 0 Å². The van der Waals surface area contributed by atoms with E-state index in [1.807, 2.05) is 17.5 Å². The van der Waals surface area contributed by atoms with Crippen LogP contribution in [0, 0.1) is 5.41 Å². The number of oxazole rings is 1. The third kappa shape index (κ3) is 4.02. The number of aromatic nitrogens is 1. The minimum Gasteiger partial charge on any atom is -0.443 e. The first-order valence-electron chi connectivity index (χ1n) is 8.80. The summed E-state index contributed by atoms with van der Waals surface area (Å²) >= 11 is 1.64. The van der Waals surface area contributed by atoms with Gasteiger partial charge in [0.2, 0.25) is 5.89 Å². The van der Waals surface area contributed by atoms with Crippen molar-refractivity contribution in [2.75, 3.05) is 19.6 Å². The van der Waals surface area contributed by atoms with Crippen LogP contribution in [0.25, 0.3) is 10.8 Å². The zero-order valence-electron chi connectivity index (χ0n) is 14.5. The van der Waals surface area contributed by atoms with Crippen LogP contribution < -0.4 is 5.32 Å². The minimum atomic E-state index is 0. The monoisotopic (exact) mass is 472 g/mol. The van der Waals surface area contributed by atoms with Crippen LogP contribution in [-0.4, -0.2) is 35.5 Å². The van der Waals surface area contributed by atoms with Gasteiger partial charge in [0, 0.05) is 19.6 Å². The first-order chi connectivity index (χ1) is 11.8. The van der Waals surface area contributed by atoms with Crippen molar-refractivity contribution < 1.29 is 4.42 Å². The number of likely N-dealkylation sites (tertiary alicyclic amines) is 1. The average molecular weight is 472 g/mol. The molecule has 25 heavy (non-hydrogen) atoms. The number of aliphatic imine (C=N–C) groups is 1. The largest absolute Gasteiger partial charge is 0.443 e. The molecule has 1 saturated heterocycles. The summed E-state index contributed by atoms with van der Waals surface area (Å²) in [4.78, 5) is 12.8. The molecule has 2 fully saturated rings. The van der Waals surface area contributed by atoms with Gasteiger partial charge < -0.3 is 14.6 Å². The summed E-state index contributed by atoms with van der Waals surface area (Å²) in [5.74, 6) is 1.71. The Morgan fingerprint density at radius 2 is 2.32 bits per heavy atom. The number of hydrogen-bond donors (Lipinski definition) is 1. The number of thiophene rings is 1. The van der Waals surface area contributed by atoms with Crippen molar-refractivity contribution in [1.29, 1.82) is 0 Å². The molecule has 2 aliphatic rings. The molecule has 0 aromatic carbocycles. The smallest absolute Gasteiger partial charge is 0.236 e. The maximum Gasteiger partial charge on any atom is 0.236 e. The highest BCUT2D eigenvalue weighted by Gasteiger charge is 2.43. The Morgan fingerprint density at radius 3 is 2.96 bits per heavy atom. The fourth-order valence-electron chi connectivity index (χ4n) is 3.68. The van der Waals surface area contributed by atoms with Crippen LogP contribution in [-0.2, 0) is 6.54 Å². The quantitative estimate of drug-likeness (QED) is 0.408. The highest BCUT2D eigenvalue weighted by molar-refractivity contribution is 14.0. The summed E-state index contributed by atoms with van der Waals surface area (Å²) in [7, 11) is 0.